The van der Waals surface area contributed by atoms with E-state index in [0.717, 1.165) is 17.4 Å². The van der Waals surface area contributed by atoms with E-state index in [4.69, 9.17) is 4.52 Å². The molecule has 0 radical (unpaired) electrons. The summed E-state index contributed by atoms with van der Waals surface area (Å²) in [4.78, 5) is 12.9. The van der Waals surface area contributed by atoms with E-state index in [1.807, 2.05) is 0 Å². The highest BCUT2D eigenvalue weighted by atomic mass is 32.2. The molecule has 13 heteroatoms. The topological polar surface area (TPSA) is 113 Å². The van der Waals surface area contributed by atoms with Gasteiger partial charge in [-0.05, 0) is 37.3 Å². The number of amides is 1. The van der Waals surface area contributed by atoms with E-state index in [9.17, 15) is 31.5 Å². The molecular weight excluding hydrogens is 531 g/mol. The van der Waals surface area contributed by atoms with Crippen LogP contribution in [-0.4, -0.2) is 53.8 Å². The van der Waals surface area contributed by atoms with Crippen LogP contribution in [0.2, 0.25) is 0 Å². The first-order valence-corrected chi connectivity index (χ1v) is 13.4. The smallest absolute Gasteiger partial charge is 0.390 e. The number of aliphatic hydroxyl groups is 1. The lowest BCUT2D eigenvalue weighted by atomic mass is 10.0. The largest absolute Gasteiger partial charge is 0.412 e. The van der Waals surface area contributed by atoms with Gasteiger partial charge in [0.25, 0.3) is 0 Å². The molecule has 0 spiro atoms. The fourth-order valence-electron chi connectivity index (χ4n) is 3.49. The number of aryl methyl sites for hydroxylation is 1. The minimum absolute atomic E-state index is 0.0475. The molecule has 0 fully saturated rings. The van der Waals surface area contributed by atoms with Gasteiger partial charge < -0.3 is 14.9 Å². The van der Waals surface area contributed by atoms with Crippen LogP contribution in [0.5, 0.6) is 0 Å². The molecule has 37 heavy (non-hydrogen) atoms. The molecule has 2 heterocycles. The molecular formula is C24H26F3N3O5S2. The van der Waals surface area contributed by atoms with Gasteiger partial charge in [-0.1, -0.05) is 41.6 Å². The monoisotopic (exact) mass is 557 g/mol. The van der Waals surface area contributed by atoms with Crippen LogP contribution >= 0.6 is 11.3 Å². The molecule has 2 atom stereocenters. The van der Waals surface area contributed by atoms with Crippen LogP contribution < -0.4 is 5.32 Å². The molecule has 2 aromatic heterocycles. The van der Waals surface area contributed by atoms with Crippen molar-refractivity contribution in [2.45, 2.75) is 50.0 Å². The molecule has 2 N–H and O–H groups in total. The Morgan fingerprint density at radius 1 is 1.24 bits per heavy atom. The van der Waals surface area contributed by atoms with E-state index in [1.54, 1.807) is 47.8 Å². The lowest BCUT2D eigenvalue weighted by molar-refractivity contribution is -0.119. The van der Waals surface area contributed by atoms with Gasteiger partial charge >= 0.3 is 6.18 Å². The standard InChI is InChI=1S/C24H26F3N3O5S2/c1-16(24(25,26)27)11-23(32)29-20(12-18-7-4-3-5-8-18)21(31)15-30(14-19-9-6-10-36-19)37(33,34)22-13-28-35-17(22)2/h3-11,13,20-21,31H,12,14-15H2,1-2H3,(H,29,32)/b16-11+/t20-,21+/m0/s1. The molecule has 0 unspecified atom stereocenters. The van der Waals surface area contributed by atoms with Crippen molar-refractivity contribution >= 4 is 27.3 Å². The Morgan fingerprint density at radius 2 is 1.95 bits per heavy atom. The molecule has 8 nitrogen and oxygen atoms in total. The van der Waals surface area contributed by atoms with E-state index in [2.05, 4.69) is 10.5 Å². The summed E-state index contributed by atoms with van der Waals surface area (Å²) in [6, 6.07) is 11.1. The second kappa shape index (κ2) is 12.0. The van der Waals surface area contributed by atoms with E-state index < -0.39 is 46.4 Å². The van der Waals surface area contributed by atoms with Crippen LogP contribution in [0.1, 0.15) is 23.1 Å². The number of benzene rings is 1. The van der Waals surface area contributed by atoms with Crippen molar-refractivity contribution in [2.75, 3.05) is 6.54 Å². The van der Waals surface area contributed by atoms with Gasteiger partial charge in [0.2, 0.25) is 15.9 Å². The number of nitrogens with zero attached hydrogens (tertiary/aromatic N) is 2. The molecule has 1 aromatic carbocycles. The van der Waals surface area contributed by atoms with E-state index in [-0.39, 0.29) is 23.6 Å². The van der Waals surface area contributed by atoms with E-state index >= 15 is 0 Å². The number of carbonyl (C=O) groups excluding carboxylic acids is 1. The molecule has 3 rings (SSSR count). The summed E-state index contributed by atoms with van der Waals surface area (Å²) in [7, 11) is -4.18. The van der Waals surface area contributed by atoms with Crippen molar-refractivity contribution in [3.8, 4) is 0 Å². The second-order valence-corrected chi connectivity index (χ2v) is 11.3. The van der Waals surface area contributed by atoms with Crippen LogP contribution in [0.4, 0.5) is 13.2 Å². The van der Waals surface area contributed by atoms with Gasteiger partial charge in [-0.3, -0.25) is 4.79 Å². The Bertz CT molecular complexity index is 1310. The minimum Gasteiger partial charge on any atom is -0.390 e. The number of thiophene rings is 1. The average molecular weight is 558 g/mol. The number of nitrogens with one attached hydrogen (secondary N) is 1. The van der Waals surface area contributed by atoms with Crippen LogP contribution in [0.25, 0.3) is 0 Å². The van der Waals surface area contributed by atoms with Gasteiger partial charge in [0.05, 0.1) is 18.3 Å². The zero-order chi connectivity index (χ0) is 27.2. The van der Waals surface area contributed by atoms with Crippen molar-refractivity contribution in [1.29, 1.82) is 0 Å². The molecule has 3 aromatic rings. The summed E-state index contributed by atoms with van der Waals surface area (Å²) in [5.74, 6) is -0.995. The molecule has 0 aliphatic rings. The number of alkyl halides is 3. The van der Waals surface area contributed by atoms with Crippen molar-refractivity contribution in [1.82, 2.24) is 14.8 Å². The lowest BCUT2D eigenvalue weighted by Crippen LogP contribution is -2.50. The number of aromatic nitrogens is 1. The molecule has 200 valence electrons. The van der Waals surface area contributed by atoms with Crippen molar-refractivity contribution in [3.63, 3.8) is 0 Å². The number of allylic oxidation sites excluding steroid dienone is 1. The Balaban J connectivity index is 1.90. The highest BCUT2D eigenvalue weighted by molar-refractivity contribution is 7.89. The molecule has 0 aliphatic carbocycles. The summed E-state index contributed by atoms with van der Waals surface area (Å²) in [5.41, 5.74) is -0.423. The summed E-state index contributed by atoms with van der Waals surface area (Å²) in [6.45, 7) is 1.66. The van der Waals surface area contributed by atoms with Gasteiger partial charge in [-0.25, -0.2) is 8.42 Å². The van der Waals surface area contributed by atoms with Crippen molar-refractivity contribution in [2.24, 2.45) is 0 Å². The number of rotatable bonds is 11. The second-order valence-electron chi connectivity index (χ2n) is 8.32. The van der Waals surface area contributed by atoms with Gasteiger partial charge in [-0.15, -0.1) is 11.3 Å². The number of halogens is 3. The highest BCUT2D eigenvalue weighted by Crippen LogP contribution is 2.25. The zero-order valence-electron chi connectivity index (χ0n) is 20.0. The SMILES string of the molecule is C/C(=C\C(=O)N[C@@H](Cc1ccccc1)[C@H](O)CN(Cc1cccs1)S(=O)(=O)c1cnoc1C)C(F)(F)F. The fourth-order valence-corrected chi connectivity index (χ4v) is 5.80. The number of sulfonamides is 1. The summed E-state index contributed by atoms with van der Waals surface area (Å²) in [6.07, 6.45) is -4.64. The minimum atomic E-state index is -4.69. The molecule has 0 saturated carbocycles. The predicted octanol–water partition coefficient (Wildman–Crippen LogP) is 3.83. The van der Waals surface area contributed by atoms with Crippen molar-refractivity contribution in [3.05, 3.63) is 81.9 Å². The van der Waals surface area contributed by atoms with Crippen LogP contribution in [-0.2, 0) is 27.8 Å². The lowest BCUT2D eigenvalue weighted by Gasteiger charge is -2.29. The van der Waals surface area contributed by atoms with Gasteiger partial charge in [-0.2, -0.15) is 17.5 Å². The quantitative estimate of drug-likeness (QED) is 0.347. The third-order valence-electron chi connectivity index (χ3n) is 5.51. The van der Waals surface area contributed by atoms with E-state index in [1.165, 1.54) is 18.3 Å². The first-order valence-electron chi connectivity index (χ1n) is 11.1. The predicted molar refractivity (Wildman–Crippen MR) is 131 cm³/mol. The number of aliphatic hydroxyl groups excluding tert-OH is 1. The van der Waals surface area contributed by atoms with E-state index in [0.29, 0.717) is 16.5 Å². The fraction of sp³-hybridized carbons (Fsp3) is 0.333. The van der Waals surface area contributed by atoms with Gasteiger partial charge in [0.1, 0.15) is 4.90 Å². The molecule has 0 aliphatic heterocycles. The Labute approximate surface area is 216 Å². The van der Waals surface area contributed by atoms with Crippen LogP contribution in [0.15, 0.2) is 75.1 Å². The third kappa shape index (κ3) is 7.74. The maximum Gasteiger partial charge on any atom is 0.412 e. The maximum absolute atomic E-state index is 13.4. The summed E-state index contributed by atoms with van der Waals surface area (Å²) >= 11 is 1.32. The Morgan fingerprint density at radius 3 is 2.51 bits per heavy atom. The highest BCUT2D eigenvalue weighted by Gasteiger charge is 2.34. The summed E-state index contributed by atoms with van der Waals surface area (Å²) in [5, 5.41) is 18.9. The average Bonchev–Trinajstić information content (AvgIpc) is 3.50. The number of hydrogen-bond donors (Lipinski definition) is 2. The Kier molecular flexibility index (Phi) is 9.29. The number of hydrogen-bond acceptors (Lipinski definition) is 7. The van der Waals surface area contributed by atoms with Crippen LogP contribution in [0.3, 0.4) is 0 Å². The third-order valence-corrected chi connectivity index (χ3v) is 8.28. The molecule has 0 saturated heterocycles. The Hall–Kier alpha value is -3.00. The molecule has 1 amide bonds. The first kappa shape index (κ1) is 28.6. The summed E-state index contributed by atoms with van der Waals surface area (Å²) < 4.78 is 71.6. The molecule has 0 bridgehead atoms. The maximum atomic E-state index is 13.4. The normalized spacial score (nSPS) is 14.5. The van der Waals surface area contributed by atoms with Crippen LogP contribution in [0, 0.1) is 6.92 Å². The van der Waals surface area contributed by atoms with Gasteiger partial charge in [0.15, 0.2) is 5.76 Å². The van der Waals surface area contributed by atoms with Crippen molar-refractivity contribution < 1.29 is 36.0 Å². The number of carbonyl (C=O) groups is 1. The zero-order valence-corrected chi connectivity index (χ0v) is 21.6. The van der Waals surface area contributed by atoms with Gasteiger partial charge in [0, 0.05) is 29.6 Å². The first-order chi connectivity index (χ1) is 17.4.